The number of hydrogen-bond acceptors (Lipinski definition) is 4. The number of ether oxygens (including phenoxy) is 1. The Kier molecular flexibility index (Phi) is 4.70. The van der Waals surface area contributed by atoms with Crippen LogP contribution >= 0.6 is 0 Å². The van der Waals surface area contributed by atoms with Crippen LogP contribution in [0.2, 0.25) is 0 Å². The van der Waals surface area contributed by atoms with Crippen LogP contribution < -0.4 is 5.73 Å². The van der Waals surface area contributed by atoms with Crippen molar-refractivity contribution in [2.45, 2.75) is 23.0 Å². The van der Waals surface area contributed by atoms with Crippen LogP contribution in [0.15, 0.2) is 53.4 Å². The van der Waals surface area contributed by atoms with Gasteiger partial charge in [0.25, 0.3) is 0 Å². The highest BCUT2D eigenvalue weighted by molar-refractivity contribution is 7.92. The molecule has 0 spiro atoms. The lowest BCUT2D eigenvalue weighted by Gasteiger charge is -2.15. The predicted octanol–water partition coefficient (Wildman–Crippen LogP) is 2.67. The highest BCUT2D eigenvalue weighted by Crippen LogP contribution is 2.63. The maximum atomic E-state index is 13.7. The van der Waals surface area contributed by atoms with Gasteiger partial charge >= 0.3 is 0 Å². The van der Waals surface area contributed by atoms with Crippen LogP contribution in [-0.4, -0.2) is 33.9 Å². The summed E-state index contributed by atoms with van der Waals surface area (Å²) in [4.78, 5) is 0.260. The molecule has 3 rings (SSSR count). The van der Waals surface area contributed by atoms with Gasteiger partial charge < -0.3 is 10.5 Å². The number of halogens is 1. The van der Waals surface area contributed by atoms with E-state index < -0.39 is 20.5 Å². The molecule has 2 N–H and O–H groups in total. The quantitative estimate of drug-likeness (QED) is 0.857. The van der Waals surface area contributed by atoms with E-state index >= 15 is 0 Å². The molecule has 2 aromatic rings. The Labute approximate surface area is 147 Å². The topological polar surface area (TPSA) is 69.4 Å². The largest absolute Gasteiger partial charge is 0.384 e. The van der Waals surface area contributed by atoms with Crippen molar-refractivity contribution in [1.82, 2.24) is 0 Å². The second kappa shape index (κ2) is 6.52. The van der Waals surface area contributed by atoms with Crippen LogP contribution in [0.5, 0.6) is 0 Å². The zero-order valence-corrected chi connectivity index (χ0v) is 15.1. The van der Waals surface area contributed by atoms with Gasteiger partial charge in [-0.05, 0) is 36.8 Å². The molecule has 0 amide bonds. The monoisotopic (exact) mass is 363 g/mol. The summed E-state index contributed by atoms with van der Waals surface area (Å²) in [7, 11) is -2.10. The molecule has 6 heteroatoms. The zero-order valence-electron chi connectivity index (χ0n) is 14.3. The van der Waals surface area contributed by atoms with E-state index in [1.807, 2.05) is 6.92 Å². The average Bonchev–Trinajstić information content (AvgIpc) is 3.26. The number of hydrogen-bond donors (Lipinski definition) is 1. The van der Waals surface area contributed by atoms with Gasteiger partial charge in [-0.15, -0.1) is 0 Å². The molecule has 134 valence electrons. The van der Waals surface area contributed by atoms with Crippen LogP contribution in [0.1, 0.15) is 17.0 Å². The molecule has 0 bridgehead atoms. The molecule has 2 aromatic carbocycles. The molecule has 0 heterocycles. The molecule has 4 nitrogen and oxygen atoms in total. The first-order chi connectivity index (χ1) is 11.9. The first-order valence-electron chi connectivity index (χ1n) is 8.12. The summed E-state index contributed by atoms with van der Waals surface area (Å²) in [6.45, 7) is 2.26. The Morgan fingerprint density at radius 1 is 1.20 bits per heavy atom. The molecule has 1 saturated carbocycles. The van der Waals surface area contributed by atoms with Crippen molar-refractivity contribution in [3.8, 4) is 0 Å². The summed E-state index contributed by atoms with van der Waals surface area (Å²) in [5.41, 5.74) is 6.85. The van der Waals surface area contributed by atoms with Crippen molar-refractivity contribution >= 4 is 9.84 Å². The van der Waals surface area contributed by atoms with Crippen LogP contribution in [0.3, 0.4) is 0 Å². The SMILES string of the molecule is COC[C@]1(CN)[C@H](c2cccc(F)c2)[C@H]1S(=O)(=O)c1ccc(C)cc1. The fourth-order valence-electron chi connectivity index (χ4n) is 3.77. The molecule has 0 aliphatic heterocycles. The molecule has 0 unspecified atom stereocenters. The van der Waals surface area contributed by atoms with Gasteiger partial charge in [0, 0.05) is 25.0 Å². The predicted molar refractivity (Wildman–Crippen MR) is 94.7 cm³/mol. The van der Waals surface area contributed by atoms with Crippen LogP contribution in [-0.2, 0) is 14.6 Å². The van der Waals surface area contributed by atoms with Crippen molar-refractivity contribution in [2.24, 2.45) is 11.1 Å². The molecular weight excluding hydrogens is 341 g/mol. The standard InChI is InChI=1S/C19H22FNO3S/c1-13-6-8-16(9-7-13)25(22,23)18-17(19(18,11-21)12-24-2)14-4-3-5-15(20)10-14/h3-10,17-18H,11-12,21H2,1-2H3/t17-,18-,19-/m1/s1. The van der Waals surface area contributed by atoms with Crippen LogP contribution in [0.4, 0.5) is 4.39 Å². The van der Waals surface area contributed by atoms with Crippen molar-refractivity contribution < 1.29 is 17.5 Å². The Morgan fingerprint density at radius 3 is 2.44 bits per heavy atom. The van der Waals surface area contributed by atoms with Gasteiger partial charge in [0.05, 0.1) is 16.8 Å². The average molecular weight is 363 g/mol. The van der Waals surface area contributed by atoms with Crippen LogP contribution in [0, 0.1) is 18.2 Å². The Balaban J connectivity index is 2.07. The first kappa shape index (κ1) is 18.0. The van der Waals surface area contributed by atoms with Gasteiger partial charge in [-0.1, -0.05) is 29.8 Å². The lowest BCUT2D eigenvalue weighted by Crippen LogP contribution is -2.28. The summed E-state index contributed by atoms with van der Waals surface area (Å²) in [5.74, 6) is -0.779. The van der Waals surface area contributed by atoms with E-state index in [1.165, 1.54) is 19.2 Å². The fourth-order valence-corrected chi connectivity index (χ4v) is 6.21. The number of sulfone groups is 1. The summed E-state index contributed by atoms with van der Waals surface area (Å²) in [6, 6.07) is 12.8. The summed E-state index contributed by atoms with van der Waals surface area (Å²) in [6.07, 6.45) is 0. The number of rotatable bonds is 6. The third kappa shape index (κ3) is 2.99. The zero-order chi connectivity index (χ0) is 18.2. The van der Waals surface area contributed by atoms with Gasteiger partial charge in [0.1, 0.15) is 5.82 Å². The van der Waals surface area contributed by atoms with E-state index in [0.717, 1.165) is 5.56 Å². The minimum Gasteiger partial charge on any atom is -0.384 e. The van der Waals surface area contributed by atoms with Crippen molar-refractivity contribution in [1.29, 1.82) is 0 Å². The number of benzene rings is 2. The van der Waals surface area contributed by atoms with Gasteiger partial charge in [0.2, 0.25) is 0 Å². The van der Waals surface area contributed by atoms with Crippen LogP contribution in [0.25, 0.3) is 0 Å². The highest BCUT2D eigenvalue weighted by Gasteiger charge is 2.70. The van der Waals surface area contributed by atoms with Gasteiger partial charge in [-0.3, -0.25) is 0 Å². The number of nitrogens with two attached hydrogens (primary N) is 1. The van der Waals surface area contributed by atoms with E-state index in [9.17, 15) is 12.8 Å². The van der Waals surface area contributed by atoms with Gasteiger partial charge in [0.15, 0.2) is 9.84 Å². The molecule has 25 heavy (non-hydrogen) atoms. The van der Waals surface area contributed by atoms with E-state index in [0.29, 0.717) is 5.56 Å². The van der Waals surface area contributed by atoms with E-state index in [-0.39, 0.29) is 29.8 Å². The molecular formula is C19H22FNO3S. The van der Waals surface area contributed by atoms with E-state index in [2.05, 4.69) is 0 Å². The highest BCUT2D eigenvalue weighted by atomic mass is 32.2. The van der Waals surface area contributed by atoms with Crippen molar-refractivity contribution in [3.05, 3.63) is 65.5 Å². The first-order valence-corrected chi connectivity index (χ1v) is 9.66. The smallest absolute Gasteiger partial charge is 0.182 e. The summed E-state index contributed by atoms with van der Waals surface area (Å²) < 4.78 is 45.4. The third-order valence-corrected chi connectivity index (χ3v) is 7.40. The van der Waals surface area contributed by atoms with E-state index in [4.69, 9.17) is 10.5 Å². The van der Waals surface area contributed by atoms with Gasteiger partial charge in [-0.25, -0.2) is 12.8 Å². The van der Waals surface area contributed by atoms with Gasteiger partial charge in [-0.2, -0.15) is 0 Å². The lowest BCUT2D eigenvalue weighted by molar-refractivity contribution is 0.142. The minimum atomic E-state index is -3.62. The van der Waals surface area contributed by atoms with Crippen molar-refractivity contribution in [2.75, 3.05) is 20.3 Å². The molecule has 0 aromatic heterocycles. The fraction of sp³-hybridized carbons (Fsp3) is 0.368. The normalized spacial score (nSPS) is 25.8. The maximum absolute atomic E-state index is 13.7. The molecule has 1 fully saturated rings. The molecule has 0 saturated heterocycles. The lowest BCUT2D eigenvalue weighted by atomic mass is 10.00. The second-order valence-corrected chi connectivity index (χ2v) is 8.75. The number of methoxy groups -OCH3 is 1. The summed E-state index contributed by atoms with van der Waals surface area (Å²) >= 11 is 0. The summed E-state index contributed by atoms with van der Waals surface area (Å²) in [5, 5.41) is -0.727. The second-order valence-electron chi connectivity index (χ2n) is 6.68. The molecule has 0 radical (unpaired) electrons. The Bertz CT molecular complexity index is 866. The Hall–Kier alpha value is -1.76. The molecule has 1 aliphatic rings. The number of aryl methyl sites for hydroxylation is 1. The molecule has 1 aliphatic carbocycles. The Morgan fingerprint density at radius 2 is 1.88 bits per heavy atom. The minimum absolute atomic E-state index is 0.151. The maximum Gasteiger partial charge on any atom is 0.182 e. The van der Waals surface area contributed by atoms with E-state index in [1.54, 1.807) is 36.4 Å². The van der Waals surface area contributed by atoms with Crippen molar-refractivity contribution in [3.63, 3.8) is 0 Å². The molecule has 3 atom stereocenters. The third-order valence-electron chi connectivity index (χ3n) is 5.06.